The molecule has 0 N–H and O–H groups in total. The Hall–Kier alpha value is -1.84. The van der Waals surface area contributed by atoms with Crippen LogP contribution in [0.1, 0.15) is 0 Å². The van der Waals surface area contributed by atoms with Crippen LogP contribution in [0.2, 0.25) is 10.0 Å². The summed E-state index contributed by atoms with van der Waals surface area (Å²) in [4.78, 5) is 13.2. The maximum atomic E-state index is 12.1. The first kappa shape index (κ1) is 16.0. The van der Waals surface area contributed by atoms with Gasteiger partial charge in [-0.05, 0) is 18.2 Å². The molecule has 0 unspecified atom stereocenters. The Kier molecular flexibility index (Phi) is 3.95. The second kappa shape index (κ2) is 5.66. The summed E-state index contributed by atoms with van der Waals surface area (Å²) in [6.07, 6.45) is 0.959. The lowest BCUT2D eigenvalue weighted by Gasteiger charge is -2.13. The van der Waals surface area contributed by atoms with Crippen molar-refractivity contribution >= 4 is 45.3 Å². The highest BCUT2D eigenvalue weighted by molar-refractivity contribution is 7.88. The average Bonchev–Trinajstić information content (AvgIpc) is 3.04. The van der Waals surface area contributed by atoms with Crippen molar-refractivity contribution in [2.75, 3.05) is 24.2 Å². The largest absolute Gasteiger partial charge is 0.403 e. The van der Waals surface area contributed by atoms with E-state index in [4.69, 9.17) is 27.6 Å². The molecule has 0 atom stereocenters. The lowest BCUT2D eigenvalue weighted by Crippen LogP contribution is -2.35. The Morgan fingerprint density at radius 2 is 1.96 bits per heavy atom. The van der Waals surface area contributed by atoms with Gasteiger partial charge in [0, 0.05) is 5.02 Å². The quantitative estimate of drug-likeness (QED) is 0.814. The third kappa shape index (κ3) is 2.99. The number of nitrogens with zero attached hydrogens (tertiary/aromatic N) is 4. The predicted molar refractivity (Wildman–Crippen MR) is 84.0 cm³/mol. The number of hydrogen-bond acceptors (Lipinski definition) is 6. The topological polar surface area (TPSA) is 96.6 Å². The molecule has 8 nitrogen and oxygen atoms in total. The Morgan fingerprint density at radius 1 is 1.22 bits per heavy atom. The van der Waals surface area contributed by atoms with Gasteiger partial charge in [-0.1, -0.05) is 28.3 Å². The Morgan fingerprint density at radius 3 is 2.57 bits per heavy atom. The number of carbonyl (C=O) groups excluding carboxylic acids is 1. The van der Waals surface area contributed by atoms with Crippen LogP contribution in [0, 0.1) is 0 Å². The number of halogens is 2. The van der Waals surface area contributed by atoms with Crippen LogP contribution in [0.15, 0.2) is 22.6 Å². The maximum absolute atomic E-state index is 12.1. The average molecular weight is 377 g/mol. The second-order valence-electron chi connectivity index (χ2n) is 4.78. The van der Waals surface area contributed by atoms with Crippen LogP contribution in [0.5, 0.6) is 0 Å². The summed E-state index contributed by atoms with van der Waals surface area (Å²) in [7, 11) is -3.63. The Labute approximate surface area is 141 Å². The molecule has 2 amide bonds. The molecule has 0 radical (unpaired) electrons. The molecule has 0 bridgehead atoms. The highest BCUT2D eigenvalue weighted by Crippen LogP contribution is 2.31. The molecule has 1 aromatic heterocycles. The summed E-state index contributed by atoms with van der Waals surface area (Å²) in [5.41, 5.74) is 0.460. The minimum absolute atomic E-state index is 0.0249. The minimum atomic E-state index is -3.63. The number of amides is 2. The van der Waals surface area contributed by atoms with Crippen LogP contribution in [-0.4, -0.2) is 48.3 Å². The lowest BCUT2D eigenvalue weighted by molar-refractivity contribution is 0.238. The van der Waals surface area contributed by atoms with E-state index in [1.54, 1.807) is 12.1 Å². The normalized spacial score (nSPS) is 15.5. The zero-order valence-electron chi connectivity index (χ0n) is 11.7. The number of aromatic nitrogens is 2. The van der Waals surface area contributed by atoms with Crippen LogP contribution in [0.4, 0.5) is 10.8 Å². The van der Waals surface area contributed by atoms with Crippen molar-refractivity contribution in [2.24, 2.45) is 0 Å². The molecule has 0 aliphatic carbocycles. The van der Waals surface area contributed by atoms with Gasteiger partial charge in [-0.3, -0.25) is 0 Å². The van der Waals surface area contributed by atoms with Crippen LogP contribution in [0.25, 0.3) is 11.5 Å². The molecular formula is C12H10Cl2N4O4S. The number of sulfonamides is 1. The van der Waals surface area contributed by atoms with Crippen molar-refractivity contribution in [1.29, 1.82) is 0 Å². The van der Waals surface area contributed by atoms with E-state index >= 15 is 0 Å². The lowest BCUT2D eigenvalue weighted by atomic mass is 10.2. The van der Waals surface area contributed by atoms with Crippen LogP contribution in [-0.2, 0) is 10.0 Å². The van der Waals surface area contributed by atoms with E-state index in [1.165, 1.54) is 6.07 Å². The highest BCUT2D eigenvalue weighted by Gasteiger charge is 2.38. The van der Waals surface area contributed by atoms with Crippen LogP contribution >= 0.6 is 23.2 Å². The number of urea groups is 1. The van der Waals surface area contributed by atoms with Gasteiger partial charge < -0.3 is 4.42 Å². The van der Waals surface area contributed by atoms with Gasteiger partial charge in [0.15, 0.2) is 0 Å². The van der Waals surface area contributed by atoms with Gasteiger partial charge in [-0.25, -0.2) is 22.4 Å². The minimum Gasteiger partial charge on any atom is -0.403 e. The summed E-state index contributed by atoms with van der Waals surface area (Å²) in [6.45, 7) is 0.152. The van der Waals surface area contributed by atoms with E-state index in [-0.39, 0.29) is 25.0 Å². The van der Waals surface area contributed by atoms with Gasteiger partial charge in [0.2, 0.25) is 10.0 Å². The van der Waals surface area contributed by atoms with Crippen LogP contribution in [0.3, 0.4) is 0 Å². The molecule has 0 spiro atoms. The number of rotatable bonds is 3. The van der Waals surface area contributed by atoms with E-state index in [0.29, 0.717) is 15.6 Å². The number of anilines is 1. The van der Waals surface area contributed by atoms with Crippen molar-refractivity contribution in [3.05, 3.63) is 28.2 Å². The molecule has 2 heterocycles. The molecule has 0 saturated carbocycles. The van der Waals surface area contributed by atoms with E-state index in [9.17, 15) is 13.2 Å². The Balaban J connectivity index is 1.90. The van der Waals surface area contributed by atoms with Crippen LogP contribution < -0.4 is 4.90 Å². The van der Waals surface area contributed by atoms with Gasteiger partial charge >= 0.3 is 12.0 Å². The molecular weight excluding hydrogens is 367 g/mol. The van der Waals surface area contributed by atoms with Crippen molar-refractivity contribution in [1.82, 2.24) is 14.5 Å². The second-order valence-corrected chi connectivity index (χ2v) is 7.53. The first-order chi connectivity index (χ1) is 10.8. The molecule has 11 heteroatoms. The van der Waals surface area contributed by atoms with Gasteiger partial charge in [-0.2, -0.15) is 0 Å². The standard InChI is InChI=1S/C12H10Cl2N4O4S/c1-23(20,21)18-5-4-17(12(18)19)11-16-15-10(22-11)8-3-2-7(13)6-9(8)14/h2-3,6H,4-5H2,1H3. The third-order valence-corrected chi connectivity index (χ3v) is 4.87. The van der Waals surface area contributed by atoms with Gasteiger partial charge in [0.05, 0.1) is 29.9 Å². The molecule has 23 heavy (non-hydrogen) atoms. The molecule has 1 aromatic carbocycles. The monoisotopic (exact) mass is 376 g/mol. The molecule has 122 valence electrons. The van der Waals surface area contributed by atoms with E-state index in [0.717, 1.165) is 15.5 Å². The molecule has 1 aliphatic rings. The molecule has 2 aromatic rings. The smallest absolute Gasteiger partial charge is 0.341 e. The van der Waals surface area contributed by atoms with Crippen molar-refractivity contribution < 1.29 is 17.6 Å². The van der Waals surface area contributed by atoms with E-state index in [2.05, 4.69) is 10.2 Å². The van der Waals surface area contributed by atoms with Crippen molar-refractivity contribution in [2.45, 2.75) is 0 Å². The Bertz CT molecular complexity index is 883. The number of benzene rings is 1. The van der Waals surface area contributed by atoms with E-state index in [1.807, 2.05) is 0 Å². The first-order valence-corrected chi connectivity index (χ1v) is 8.96. The summed E-state index contributed by atoms with van der Waals surface area (Å²) in [5.74, 6) is 0.104. The number of carbonyl (C=O) groups is 1. The fourth-order valence-corrected chi connectivity index (χ4v) is 3.38. The summed E-state index contributed by atoms with van der Waals surface area (Å²) < 4.78 is 29.2. The number of hydrogen-bond donors (Lipinski definition) is 0. The third-order valence-electron chi connectivity index (χ3n) is 3.18. The summed E-state index contributed by atoms with van der Waals surface area (Å²) >= 11 is 11.9. The predicted octanol–water partition coefficient (Wildman–Crippen LogP) is 2.25. The zero-order chi connectivity index (χ0) is 16.8. The fourth-order valence-electron chi connectivity index (χ4n) is 2.10. The summed E-state index contributed by atoms with van der Waals surface area (Å²) in [6, 6.07) is 3.91. The first-order valence-electron chi connectivity index (χ1n) is 6.35. The van der Waals surface area contributed by atoms with E-state index < -0.39 is 16.1 Å². The molecule has 1 fully saturated rings. The summed E-state index contributed by atoms with van der Waals surface area (Å²) in [5, 5.41) is 8.39. The molecule has 3 rings (SSSR count). The van der Waals surface area contributed by atoms with Crippen molar-refractivity contribution in [3.63, 3.8) is 0 Å². The van der Waals surface area contributed by atoms with Gasteiger partial charge in [-0.15, -0.1) is 5.10 Å². The van der Waals surface area contributed by atoms with Gasteiger partial charge in [0.25, 0.3) is 5.89 Å². The van der Waals surface area contributed by atoms with Crippen molar-refractivity contribution in [3.8, 4) is 11.5 Å². The molecule has 1 aliphatic heterocycles. The highest BCUT2D eigenvalue weighted by atomic mass is 35.5. The maximum Gasteiger partial charge on any atom is 0.341 e. The zero-order valence-corrected chi connectivity index (χ0v) is 14.1. The SMILES string of the molecule is CS(=O)(=O)N1CCN(c2nnc(-c3ccc(Cl)cc3Cl)o2)C1=O. The van der Waals surface area contributed by atoms with Gasteiger partial charge in [0.1, 0.15) is 0 Å². The molecule has 1 saturated heterocycles. The fraction of sp³-hybridized carbons (Fsp3) is 0.250.